The van der Waals surface area contributed by atoms with Crippen molar-refractivity contribution in [2.45, 2.75) is 6.92 Å². The van der Waals surface area contributed by atoms with E-state index in [9.17, 15) is 14.0 Å². The Balaban J connectivity index is 1.37. The van der Waals surface area contributed by atoms with Crippen molar-refractivity contribution in [2.75, 3.05) is 16.9 Å². The van der Waals surface area contributed by atoms with Gasteiger partial charge in [-0.05, 0) is 67.1 Å². The number of hydrogen-bond donors (Lipinski definition) is 1. The first-order valence-corrected chi connectivity index (χ1v) is 9.95. The van der Waals surface area contributed by atoms with Crippen LogP contribution in [-0.2, 0) is 9.59 Å². The molecule has 0 spiro atoms. The van der Waals surface area contributed by atoms with E-state index in [0.29, 0.717) is 28.4 Å². The van der Waals surface area contributed by atoms with Crippen LogP contribution in [0.4, 0.5) is 15.8 Å². The molecule has 1 aliphatic heterocycles. The maximum atomic E-state index is 12.9. The summed E-state index contributed by atoms with van der Waals surface area (Å²) >= 11 is 0. The van der Waals surface area contributed by atoms with Crippen LogP contribution in [0.5, 0.6) is 5.75 Å². The predicted octanol–water partition coefficient (Wildman–Crippen LogP) is 4.65. The first kappa shape index (κ1) is 21.0. The molecule has 3 aromatic carbocycles. The molecule has 0 aromatic heterocycles. The third-order valence-corrected chi connectivity index (χ3v) is 4.75. The summed E-state index contributed by atoms with van der Waals surface area (Å²) < 4.78 is 18.4. The molecule has 0 bridgehead atoms. The molecule has 0 saturated heterocycles. The van der Waals surface area contributed by atoms with Crippen LogP contribution in [0.15, 0.2) is 89.5 Å². The Morgan fingerprint density at radius 2 is 1.72 bits per heavy atom. The number of carbonyl (C=O) groups is 2. The van der Waals surface area contributed by atoms with Gasteiger partial charge in [0.1, 0.15) is 11.6 Å². The molecule has 1 aliphatic rings. The molecule has 0 unspecified atom stereocenters. The fourth-order valence-corrected chi connectivity index (χ4v) is 3.13. The number of nitrogens with zero attached hydrogens (tertiary/aromatic N) is 2. The van der Waals surface area contributed by atoms with E-state index in [1.54, 1.807) is 37.3 Å². The molecular formula is C25H20FN3O3. The molecule has 1 heterocycles. The molecular weight excluding hydrogens is 409 g/mol. The van der Waals surface area contributed by atoms with Crippen LogP contribution >= 0.6 is 0 Å². The highest BCUT2D eigenvalue weighted by Gasteiger charge is 2.28. The number of hydrogen-bond acceptors (Lipinski definition) is 4. The zero-order valence-corrected chi connectivity index (χ0v) is 17.3. The summed E-state index contributed by atoms with van der Waals surface area (Å²) in [6.07, 6.45) is 1.77. The van der Waals surface area contributed by atoms with Crippen molar-refractivity contribution in [2.24, 2.45) is 5.10 Å². The van der Waals surface area contributed by atoms with Crippen LogP contribution in [0.2, 0.25) is 0 Å². The summed E-state index contributed by atoms with van der Waals surface area (Å²) in [5.74, 6) is -0.406. The minimum atomic E-state index is -0.372. The summed E-state index contributed by atoms with van der Waals surface area (Å²) in [5.41, 5.74) is 3.16. The second-order valence-electron chi connectivity index (χ2n) is 7.11. The number of carbonyl (C=O) groups excluding carboxylic acids is 2. The maximum absolute atomic E-state index is 12.9. The Bertz CT molecular complexity index is 1190. The smallest absolute Gasteiger partial charge is 0.280 e. The number of rotatable bonds is 6. The van der Waals surface area contributed by atoms with Crippen molar-refractivity contribution in [3.8, 4) is 5.75 Å². The van der Waals surface area contributed by atoms with Gasteiger partial charge < -0.3 is 10.1 Å². The average molecular weight is 429 g/mol. The van der Waals surface area contributed by atoms with Gasteiger partial charge in [-0.15, -0.1) is 0 Å². The van der Waals surface area contributed by atoms with Crippen molar-refractivity contribution in [3.05, 3.63) is 95.8 Å². The van der Waals surface area contributed by atoms with Crippen molar-refractivity contribution in [1.82, 2.24) is 0 Å². The summed E-state index contributed by atoms with van der Waals surface area (Å²) in [4.78, 5) is 24.8. The lowest BCUT2D eigenvalue weighted by Gasteiger charge is -2.11. The Hall–Kier alpha value is -4.26. The first-order valence-electron chi connectivity index (χ1n) is 9.95. The molecule has 32 heavy (non-hydrogen) atoms. The van der Waals surface area contributed by atoms with Gasteiger partial charge in [-0.3, -0.25) is 9.59 Å². The van der Waals surface area contributed by atoms with Gasteiger partial charge in [0.15, 0.2) is 6.61 Å². The Labute approximate surface area is 184 Å². The molecule has 7 heteroatoms. The van der Waals surface area contributed by atoms with E-state index in [2.05, 4.69) is 10.4 Å². The van der Waals surface area contributed by atoms with Crippen LogP contribution < -0.4 is 15.1 Å². The minimum absolute atomic E-state index is 0.186. The number of hydrazone groups is 1. The molecule has 0 fully saturated rings. The lowest BCUT2D eigenvalue weighted by Crippen LogP contribution is -2.21. The maximum Gasteiger partial charge on any atom is 0.280 e. The standard InChI is InChI=1S/C25H20FN3O3/c1-17-23(25(31)29(28-17)21-5-3-2-4-6-21)15-18-7-13-22(14-8-18)32-16-24(30)27-20-11-9-19(26)10-12-20/h2-15H,16H2,1H3,(H,27,30). The predicted molar refractivity (Wildman–Crippen MR) is 122 cm³/mol. The van der Waals surface area contributed by atoms with Gasteiger partial charge in [-0.25, -0.2) is 4.39 Å². The molecule has 3 aromatic rings. The van der Waals surface area contributed by atoms with E-state index < -0.39 is 0 Å². The van der Waals surface area contributed by atoms with Crippen molar-refractivity contribution < 1.29 is 18.7 Å². The normalized spacial score (nSPS) is 14.4. The van der Waals surface area contributed by atoms with Gasteiger partial charge in [-0.2, -0.15) is 10.1 Å². The minimum Gasteiger partial charge on any atom is -0.484 e. The largest absolute Gasteiger partial charge is 0.484 e. The van der Waals surface area contributed by atoms with Gasteiger partial charge >= 0.3 is 0 Å². The highest BCUT2D eigenvalue weighted by Crippen LogP contribution is 2.25. The SMILES string of the molecule is CC1=NN(c2ccccc2)C(=O)C1=Cc1ccc(OCC(=O)Nc2ccc(F)cc2)cc1. The number of halogens is 1. The lowest BCUT2D eigenvalue weighted by molar-refractivity contribution is -0.118. The molecule has 6 nitrogen and oxygen atoms in total. The van der Waals surface area contributed by atoms with Gasteiger partial charge in [0.2, 0.25) is 0 Å². The number of anilines is 2. The number of ether oxygens (including phenoxy) is 1. The summed E-state index contributed by atoms with van der Waals surface area (Å²) in [6, 6.07) is 21.8. The van der Waals surface area contributed by atoms with E-state index in [4.69, 9.17) is 4.74 Å². The Kier molecular flexibility index (Phi) is 6.07. The monoisotopic (exact) mass is 429 g/mol. The van der Waals surface area contributed by atoms with Gasteiger partial charge in [0.25, 0.3) is 11.8 Å². The van der Waals surface area contributed by atoms with E-state index in [1.807, 2.05) is 30.3 Å². The first-order chi connectivity index (χ1) is 15.5. The van der Waals surface area contributed by atoms with E-state index in [1.165, 1.54) is 29.3 Å². The highest BCUT2D eigenvalue weighted by molar-refractivity contribution is 6.32. The average Bonchev–Trinajstić information content (AvgIpc) is 3.09. The zero-order chi connectivity index (χ0) is 22.5. The number of amides is 2. The van der Waals surface area contributed by atoms with Crippen LogP contribution in [-0.4, -0.2) is 24.1 Å². The van der Waals surface area contributed by atoms with Crippen LogP contribution in [0.25, 0.3) is 6.08 Å². The second-order valence-corrected chi connectivity index (χ2v) is 7.11. The fourth-order valence-electron chi connectivity index (χ4n) is 3.13. The summed E-state index contributed by atoms with van der Waals surface area (Å²) in [7, 11) is 0. The Morgan fingerprint density at radius 1 is 1.03 bits per heavy atom. The molecule has 0 atom stereocenters. The third kappa shape index (κ3) is 4.89. The van der Waals surface area contributed by atoms with E-state index in [-0.39, 0.29) is 24.2 Å². The highest BCUT2D eigenvalue weighted by atomic mass is 19.1. The Morgan fingerprint density at radius 3 is 2.41 bits per heavy atom. The molecule has 0 aliphatic carbocycles. The van der Waals surface area contributed by atoms with Crippen molar-refractivity contribution in [1.29, 1.82) is 0 Å². The summed E-state index contributed by atoms with van der Waals surface area (Å²) in [6.45, 7) is 1.61. The van der Waals surface area contributed by atoms with Gasteiger partial charge in [0.05, 0.1) is 17.0 Å². The molecule has 4 rings (SSSR count). The van der Waals surface area contributed by atoms with Gasteiger partial charge in [0, 0.05) is 5.69 Å². The van der Waals surface area contributed by atoms with Crippen LogP contribution in [0.3, 0.4) is 0 Å². The van der Waals surface area contributed by atoms with Crippen molar-refractivity contribution in [3.63, 3.8) is 0 Å². The molecule has 0 saturated carbocycles. The topological polar surface area (TPSA) is 71.0 Å². The molecule has 2 amide bonds. The van der Waals surface area contributed by atoms with Crippen LogP contribution in [0.1, 0.15) is 12.5 Å². The second kappa shape index (κ2) is 9.26. The van der Waals surface area contributed by atoms with Crippen molar-refractivity contribution >= 4 is 35.0 Å². The van der Waals surface area contributed by atoms with E-state index in [0.717, 1.165) is 5.56 Å². The quantitative estimate of drug-likeness (QED) is 0.580. The number of nitrogens with one attached hydrogen (secondary N) is 1. The zero-order valence-electron chi connectivity index (χ0n) is 17.3. The fraction of sp³-hybridized carbons (Fsp3) is 0.0800. The van der Waals surface area contributed by atoms with E-state index >= 15 is 0 Å². The lowest BCUT2D eigenvalue weighted by atomic mass is 10.1. The van der Waals surface area contributed by atoms with Gasteiger partial charge in [-0.1, -0.05) is 30.3 Å². The number of benzene rings is 3. The molecule has 1 N–H and O–H groups in total. The number of para-hydroxylation sites is 1. The third-order valence-electron chi connectivity index (χ3n) is 4.75. The van der Waals surface area contributed by atoms with Crippen LogP contribution in [0, 0.1) is 5.82 Å². The molecule has 0 radical (unpaired) electrons. The molecule has 160 valence electrons. The summed E-state index contributed by atoms with van der Waals surface area (Å²) in [5, 5.41) is 8.38.